The summed E-state index contributed by atoms with van der Waals surface area (Å²) >= 11 is 4.92. The van der Waals surface area contributed by atoms with E-state index < -0.39 is 5.97 Å². The van der Waals surface area contributed by atoms with Crippen LogP contribution in [0.3, 0.4) is 0 Å². The van der Waals surface area contributed by atoms with Crippen LogP contribution in [0.1, 0.15) is 26.7 Å². The first-order valence-electron chi connectivity index (χ1n) is 4.35. The molecule has 0 saturated carbocycles. The maximum Gasteiger partial charge on any atom is 0.357 e. The molecule has 0 spiro atoms. The van der Waals surface area contributed by atoms with Gasteiger partial charge in [0.1, 0.15) is 5.01 Å². The quantitative estimate of drug-likeness (QED) is 0.618. The van der Waals surface area contributed by atoms with Gasteiger partial charge in [0, 0.05) is 19.1 Å². The summed E-state index contributed by atoms with van der Waals surface area (Å²) < 4.78 is 9.54. The van der Waals surface area contributed by atoms with Crippen LogP contribution in [-0.2, 0) is 9.47 Å². The number of aromatic nitrogens is 1. The van der Waals surface area contributed by atoms with Gasteiger partial charge in [0.15, 0.2) is 5.69 Å². The Bertz CT molecular complexity index is 329. The summed E-state index contributed by atoms with van der Waals surface area (Å²) in [6.07, 6.45) is 0.824. The molecule has 0 amide bonds. The van der Waals surface area contributed by atoms with Crippen molar-refractivity contribution >= 4 is 33.2 Å². The number of thiazole rings is 1. The maximum atomic E-state index is 11.1. The van der Waals surface area contributed by atoms with Crippen LogP contribution in [-0.4, -0.2) is 31.8 Å². The number of methoxy groups -OCH3 is 2. The van der Waals surface area contributed by atoms with Crippen molar-refractivity contribution in [3.8, 4) is 0 Å². The number of esters is 1. The van der Waals surface area contributed by atoms with E-state index in [4.69, 9.17) is 4.74 Å². The zero-order valence-electron chi connectivity index (χ0n) is 8.53. The van der Waals surface area contributed by atoms with Crippen LogP contribution in [0.5, 0.6) is 0 Å². The molecule has 1 atom stereocenters. The summed E-state index contributed by atoms with van der Waals surface area (Å²) in [5.41, 5.74) is 0.361. The molecular weight excluding hydrogens is 282 g/mol. The number of alkyl halides is 1. The monoisotopic (exact) mass is 293 g/mol. The van der Waals surface area contributed by atoms with Crippen LogP contribution in [0.4, 0.5) is 0 Å². The van der Waals surface area contributed by atoms with Gasteiger partial charge in [-0.05, 0) is 6.42 Å². The Morgan fingerprint density at radius 1 is 1.67 bits per heavy atom. The van der Waals surface area contributed by atoms with Crippen LogP contribution in [0.25, 0.3) is 0 Å². The molecule has 1 aromatic heterocycles. The second-order valence-electron chi connectivity index (χ2n) is 2.81. The predicted molar refractivity (Wildman–Crippen MR) is 61.6 cm³/mol. The summed E-state index contributed by atoms with van der Waals surface area (Å²) in [6, 6.07) is 0. The van der Waals surface area contributed by atoms with Gasteiger partial charge in [-0.1, -0.05) is 15.9 Å². The average Bonchev–Trinajstić information content (AvgIpc) is 2.74. The Morgan fingerprint density at radius 3 is 3.00 bits per heavy atom. The minimum absolute atomic E-state index is 0.126. The molecule has 0 N–H and O–H groups in total. The van der Waals surface area contributed by atoms with E-state index in [9.17, 15) is 4.79 Å². The third-order valence-electron chi connectivity index (χ3n) is 1.76. The van der Waals surface area contributed by atoms with Gasteiger partial charge in [0.2, 0.25) is 0 Å². The Balaban J connectivity index is 2.62. The highest BCUT2D eigenvalue weighted by Gasteiger charge is 2.15. The number of ether oxygens (including phenoxy) is 2. The molecule has 0 radical (unpaired) electrons. The minimum atomic E-state index is -0.399. The standard InChI is InChI=1S/C9H12BrNO3S/c1-13-4-3-6(10)8-11-7(5-15-8)9(12)14-2/h5-6H,3-4H2,1-2H3. The van der Waals surface area contributed by atoms with Crippen LogP contribution in [0.15, 0.2) is 5.38 Å². The van der Waals surface area contributed by atoms with E-state index in [-0.39, 0.29) is 4.83 Å². The van der Waals surface area contributed by atoms with E-state index in [1.165, 1.54) is 18.4 Å². The van der Waals surface area contributed by atoms with Gasteiger partial charge in [0.25, 0.3) is 0 Å². The third kappa shape index (κ3) is 3.55. The van der Waals surface area contributed by atoms with E-state index >= 15 is 0 Å². The Labute approximate surface area is 101 Å². The lowest BCUT2D eigenvalue weighted by Gasteiger charge is -2.04. The summed E-state index contributed by atoms with van der Waals surface area (Å²) in [4.78, 5) is 15.4. The highest BCUT2D eigenvalue weighted by Crippen LogP contribution is 2.29. The molecule has 0 aliphatic carbocycles. The molecule has 84 valence electrons. The molecule has 0 saturated heterocycles. The number of hydrogen-bond acceptors (Lipinski definition) is 5. The van der Waals surface area contributed by atoms with Crippen LogP contribution in [0, 0.1) is 0 Å². The van der Waals surface area contributed by atoms with Gasteiger partial charge in [-0.25, -0.2) is 9.78 Å². The Kier molecular flexibility index (Phi) is 5.21. The molecule has 1 unspecified atom stereocenters. The summed E-state index contributed by atoms with van der Waals surface area (Å²) in [5.74, 6) is -0.399. The largest absolute Gasteiger partial charge is 0.464 e. The molecule has 0 aliphatic heterocycles. The van der Waals surface area contributed by atoms with Crippen LogP contribution in [0.2, 0.25) is 0 Å². The van der Waals surface area contributed by atoms with Crippen molar-refractivity contribution in [3.05, 3.63) is 16.1 Å². The van der Waals surface area contributed by atoms with Crippen molar-refractivity contribution in [1.82, 2.24) is 4.98 Å². The van der Waals surface area contributed by atoms with Gasteiger partial charge in [-0.15, -0.1) is 11.3 Å². The van der Waals surface area contributed by atoms with E-state index in [1.54, 1.807) is 12.5 Å². The third-order valence-corrected chi connectivity index (χ3v) is 3.91. The van der Waals surface area contributed by atoms with E-state index in [0.29, 0.717) is 12.3 Å². The number of halogens is 1. The normalized spacial score (nSPS) is 12.5. The molecule has 4 nitrogen and oxygen atoms in total. The highest BCUT2D eigenvalue weighted by atomic mass is 79.9. The summed E-state index contributed by atoms with van der Waals surface area (Å²) in [7, 11) is 3.00. The SMILES string of the molecule is COCCC(Br)c1nc(C(=O)OC)cs1. The molecule has 15 heavy (non-hydrogen) atoms. The fourth-order valence-corrected chi connectivity index (χ4v) is 2.39. The van der Waals surface area contributed by atoms with E-state index in [1.807, 2.05) is 0 Å². The summed E-state index contributed by atoms with van der Waals surface area (Å²) in [5, 5.41) is 2.56. The molecule has 1 aromatic rings. The van der Waals surface area contributed by atoms with Crippen molar-refractivity contribution < 1.29 is 14.3 Å². The number of rotatable bonds is 5. The number of carbonyl (C=O) groups is 1. The van der Waals surface area contributed by atoms with Gasteiger partial charge < -0.3 is 9.47 Å². The number of hydrogen-bond donors (Lipinski definition) is 0. The smallest absolute Gasteiger partial charge is 0.357 e. The van der Waals surface area contributed by atoms with Crippen molar-refractivity contribution in [1.29, 1.82) is 0 Å². The summed E-state index contributed by atoms with van der Waals surface area (Å²) in [6.45, 7) is 0.656. The second-order valence-corrected chi connectivity index (χ2v) is 4.81. The maximum absolute atomic E-state index is 11.1. The predicted octanol–water partition coefficient (Wildman–Crippen LogP) is 2.40. The molecular formula is C9H12BrNO3S. The zero-order chi connectivity index (χ0) is 11.3. The van der Waals surface area contributed by atoms with E-state index in [0.717, 1.165) is 11.4 Å². The lowest BCUT2D eigenvalue weighted by molar-refractivity contribution is 0.0594. The molecule has 0 aromatic carbocycles. The molecule has 1 rings (SSSR count). The molecule has 0 aliphatic rings. The molecule has 0 bridgehead atoms. The Hall–Kier alpha value is -0.460. The topological polar surface area (TPSA) is 48.4 Å². The lowest BCUT2D eigenvalue weighted by Crippen LogP contribution is -2.02. The zero-order valence-corrected chi connectivity index (χ0v) is 10.9. The van der Waals surface area contributed by atoms with Crippen LogP contribution >= 0.6 is 27.3 Å². The minimum Gasteiger partial charge on any atom is -0.464 e. The second kappa shape index (κ2) is 6.19. The van der Waals surface area contributed by atoms with Gasteiger partial charge in [-0.3, -0.25) is 0 Å². The Morgan fingerprint density at radius 2 is 2.40 bits per heavy atom. The van der Waals surface area contributed by atoms with Gasteiger partial charge >= 0.3 is 5.97 Å². The van der Waals surface area contributed by atoms with Gasteiger partial charge in [0.05, 0.1) is 11.9 Å². The average molecular weight is 294 g/mol. The first kappa shape index (κ1) is 12.6. The molecule has 0 fully saturated rings. The van der Waals surface area contributed by atoms with Crippen molar-refractivity contribution in [2.45, 2.75) is 11.2 Å². The number of carbonyl (C=O) groups excluding carboxylic acids is 1. The first-order chi connectivity index (χ1) is 7.19. The molecule has 1 heterocycles. The van der Waals surface area contributed by atoms with Crippen molar-refractivity contribution in [2.75, 3.05) is 20.8 Å². The van der Waals surface area contributed by atoms with Crippen molar-refractivity contribution in [3.63, 3.8) is 0 Å². The molecule has 6 heteroatoms. The lowest BCUT2D eigenvalue weighted by atomic mass is 10.3. The first-order valence-corrected chi connectivity index (χ1v) is 6.15. The van der Waals surface area contributed by atoms with Crippen LogP contribution < -0.4 is 0 Å². The number of nitrogens with zero attached hydrogens (tertiary/aromatic N) is 1. The fourth-order valence-electron chi connectivity index (χ4n) is 0.975. The fraction of sp³-hybridized carbons (Fsp3) is 0.556. The van der Waals surface area contributed by atoms with Gasteiger partial charge in [-0.2, -0.15) is 0 Å². The van der Waals surface area contributed by atoms with Crippen molar-refractivity contribution in [2.24, 2.45) is 0 Å². The highest BCUT2D eigenvalue weighted by molar-refractivity contribution is 9.09. The van der Waals surface area contributed by atoms with E-state index in [2.05, 4.69) is 25.7 Å².